The summed E-state index contributed by atoms with van der Waals surface area (Å²) in [6.45, 7) is 1.86. The Bertz CT molecular complexity index is 474. The SMILES string of the molecule is CC(CC(=O)O)Cc1nc2ncccc2o1. The lowest BCUT2D eigenvalue weighted by Crippen LogP contribution is -2.07. The van der Waals surface area contributed by atoms with E-state index in [1.165, 1.54) is 0 Å². The van der Waals surface area contributed by atoms with Crippen molar-refractivity contribution in [3.63, 3.8) is 0 Å². The summed E-state index contributed by atoms with van der Waals surface area (Å²) in [5, 5.41) is 8.64. The molecule has 2 heterocycles. The second-order valence-electron chi connectivity index (χ2n) is 3.84. The monoisotopic (exact) mass is 220 g/mol. The number of rotatable bonds is 4. The van der Waals surface area contributed by atoms with Gasteiger partial charge in [-0.1, -0.05) is 6.92 Å². The maximum absolute atomic E-state index is 10.5. The van der Waals surface area contributed by atoms with E-state index >= 15 is 0 Å². The first-order valence-corrected chi connectivity index (χ1v) is 5.07. The van der Waals surface area contributed by atoms with Gasteiger partial charge >= 0.3 is 5.97 Å². The molecule has 84 valence electrons. The lowest BCUT2D eigenvalue weighted by molar-refractivity contribution is -0.137. The van der Waals surface area contributed by atoms with Crippen molar-refractivity contribution in [2.45, 2.75) is 19.8 Å². The molecule has 5 heteroatoms. The molecular weight excluding hydrogens is 208 g/mol. The molecule has 0 aromatic carbocycles. The van der Waals surface area contributed by atoms with E-state index < -0.39 is 5.97 Å². The molecule has 1 N–H and O–H groups in total. The van der Waals surface area contributed by atoms with Gasteiger partial charge in [0.1, 0.15) is 0 Å². The summed E-state index contributed by atoms with van der Waals surface area (Å²) in [6, 6.07) is 3.57. The van der Waals surface area contributed by atoms with Gasteiger partial charge in [-0.15, -0.1) is 0 Å². The van der Waals surface area contributed by atoms with E-state index in [2.05, 4.69) is 9.97 Å². The van der Waals surface area contributed by atoms with Crippen molar-refractivity contribution in [1.29, 1.82) is 0 Å². The van der Waals surface area contributed by atoms with Gasteiger partial charge in [-0.25, -0.2) is 4.98 Å². The molecule has 0 radical (unpaired) electrons. The van der Waals surface area contributed by atoms with Crippen molar-refractivity contribution in [2.24, 2.45) is 5.92 Å². The van der Waals surface area contributed by atoms with Crippen molar-refractivity contribution in [2.75, 3.05) is 0 Å². The summed E-state index contributed by atoms with van der Waals surface area (Å²) < 4.78 is 5.45. The molecule has 0 spiro atoms. The summed E-state index contributed by atoms with van der Waals surface area (Å²) in [6.07, 6.45) is 2.28. The molecule has 0 fully saturated rings. The first-order chi connectivity index (χ1) is 7.65. The van der Waals surface area contributed by atoms with Crippen LogP contribution in [0.5, 0.6) is 0 Å². The predicted molar refractivity (Wildman–Crippen MR) is 56.9 cm³/mol. The summed E-state index contributed by atoms with van der Waals surface area (Å²) in [4.78, 5) is 18.7. The number of oxazole rings is 1. The van der Waals surface area contributed by atoms with Crippen LogP contribution in [-0.4, -0.2) is 21.0 Å². The Labute approximate surface area is 92.1 Å². The normalized spacial score (nSPS) is 12.8. The molecular formula is C11H12N2O3. The Balaban J connectivity index is 2.12. The Hall–Kier alpha value is -1.91. The molecule has 1 unspecified atom stereocenters. The van der Waals surface area contributed by atoms with Gasteiger partial charge in [-0.2, -0.15) is 4.98 Å². The molecule has 1 atom stereocenters. The number of carboxylic acids is 1. The molecule has 2 rings (SSSR count). The topological polar surface area (TPSA) is 76.2 Å². The van der Waals surface area contributed by atoms with E-state index in [1.807, 2.05) is 6.92 Å². The van der Waals surface area contributed by atoms with Crippen LogP contribution in [0.3, 0.4) is 0 Å². The number of hydrogen-bond acceptors (Lipinski definition) is 4. The second-order valence-corrected chi connectivity index (χ2v) is 3.84. The molecule has 0 saturated heterocycles. The van der Waals surface area contributed by atoms with Crippen molar-refractivity contribution < 1.29 is 14.3 Å². The molecule has 5 nitrogen and oxygen atoms in total. The number of aliphatic carboxylic acids is 1. The van der Waals surface area contributed by atoms with Crippen molar-refractivity contribution in [3.05, 3.63) is 24.2 Å². The van der Waals surface area contributed by atoms with Crippen LogP contribution in [0.25, 0.3) is 11.2 Å². The number of pyridine rings is 1. The van der Waals surface area contributed by atoms with E-state index in [4.69, 9.17) is 9.52 Å². The average molecular weight is 220 g/mol. The molecule has 0 bridgehead atoms. The number of nitrogens with zero attached hydrogens (tertiary/aromatic N) is 2. The molecule has 0 aliphatic rings. The lowest BCUT2D eigenvalue weighted by atomic mass is 10.0. The van der Waals surface area contributed by atoms with E-state index in [0.29, 0.717) is 23.5 Å². The maximum atomic E-state index is 10.5. The van der Waals surface area contributed by atoms with E-state index in [0.717, 1.165) is 0 Å². The Morgan fingerprint density at radius 3 is 3.12 bits per heavy atom. The second kappa shape index (κ2) is 4.30. The van der Waals surface area contributed by atoms with Gasteiger partial charge in [0, 0.05) is 19.0 Å². The fourth-order valence-electron chi connectivity index (χ4n) is 1.57. The molecule has 2 aromatic heterocycles. The molecule has 2 aromatic rings. The van der Waals surface area contributed by atoms with Crippen LogP contribution >= 0.6 is 0 Å². The fourth-order valence-corrected chi connectivity index (χ4v) is 1.57. The van der Waals surface area contributed by atoms with Gasteiger partial charge in [0.05, 0.1) is 0 Å². The third-order valence-corrected chi connectivity index (χ3v) is 2.26. The molecule has 0 saturated carbocycles. The minimum absolute atomic E-state index is 0.00515. The number of aromatic nitrogens is 2. The summed E-state index contributed by atoms with van der Waals surface area (Å²) in [7, 11) is 0. The highest BCUT2D eigenvalue weighted by molar-refractivity contribution is 5.67. The van der Waals surface area contributed by atoms with Crippen LogP contribution in [0.15, 0.2) is 22.7 Å². The third kappa shape index (κ3) is 2.36. The predicted octanol–water partition coefficient (Wildman–Crippen LogP) is 1.88. The minimum atomic E-state index is -0.804. The minimum Gasteiger partial charge on any atom is -0.481 e. The van der Waals surface area contributed by atoms with Crippen molar-refractivity contribution >= 4 is 17.2 Å². The van der Waals surface area contributed by atoms with Crippen molar-refractivity contribution in [1.82, 2.24) is 9.97 Å². The molecule has 0 amide bonds. The number of hydrogen-bond donors (Lipinski definition) is 1. The lowest BCUT2D eigenvalue weighted by Gasteiger charge is -2.03. The zero-order valence-electron chi connectivity index (χ0n) is 8.88. The summed E-state index contributed by atoms with van der Waals surface area (Å²) in [5.41, 5.74) is 1.21. The van der Waals surface area contributed by atoms with Crippen LogP contribution in [-0.2, 0) is 11.2 Å². The first-order valence-electron chi connectivity index (χ1n) is 5.07. The fraction of sp³-hybridized carbons (Fsp3) is 0.364. The zero-order chi connectivity index (χ0) is 11.5. The largest absolute Gasteiger partial charge is 0.481 e. The quantitative estimate of drug-likeness (QED) is 0.851. The molecule has 0 aliphatic heterocycles. The van der Waals surface area contributed by atoms with E-state index in [-0.39, 0.29) is 12.3 Å². The number of carboxylic acid groups (broad SMARTS) is 1. The van der Waals surface area contributed by atoms with Gasteiger partial charge < -0.3 is 9.52 Å². The molecule has 16 heavy (non-hydrogen) atoms. The Morgan fingerprint density at radius 1 is 1.62 bits per heavy atom. The van der Waals surface area contributed by atoms with Gasteiger partial charge in [-0.3, -0.25) is 4.79 Å². The van der Waals surface area contributed by atoms with Crippen LogP contribution in [0, 0.1) is 5.92 Å². The van der Waals surface area contributed by atoms with Crippen LogP contribution in [0.1, 0.15) is 19.2 Å². The molecule has 0 aliphatic carbocycles. The van der Waals surface area contributed by atoms with Crippen LogP contribution in [0.2, 0.25) is 0 Å². The van der Waals surface area contributed by atoms with Crippen LogP contribution < -0.4 is 0 Å². The average Bonchev–Trinajstić information content (AvgIpc) is 2.57. The summed E-state index contributed by atoms with van der Waals surface area (Å²) in [5.74, 6) is -0.255. The Kier molecular flexibility index (Phi) is 2.85. The van der Waals surface area contributed by atoms with Gasteiger partial charge in [0.15, 0.2) is 17.1 Å². The number of fused-ring (bicyclic) bond motifs is 1. The highest BCUT2D eigenvalue weighted by Crippen LogP contribution is 2.16. The maximum Gasteiger partial charge on any atom is 0.303 e. The van der Waals surface area contributed by atoms with Gasteiger partial charge in [0.2, 0.25) is 0 Å². The van der Waals surface area contributed by atoms with Gasteiger partial charge in [-0.05, 0) is 18.1 Å². The smallest absolute Gasteiger partial charge is 0.303 e. The van der Waals surface area contributed by atoms with E-state index in [1.54, 1.807) is 18.3 Å². The number of carbonyl (C=O) groups is 1. The van der Waals surface area contributed by atoms with Crippen LogP contribution in [0.4, 0.5) is 0 Å². The van der Waals surface area contributed by atoms with Crippen molar-refractivity contribution in [3.8, 4) is 0 Å². The zero-order valence-corrected chi connectivity index (χ0v) is 8.88. The standard InChI is InChI=1S/C11H12N2O3/c1-7(6-10(14)15)5-9-13-11-8(16-9)3-2-4-12-11/h2-4,7H,5-6H2,1H3,(H,14,15). The van der Waals surface area contributed by atoms with Gasteiger partial charge in [0.25, 0.3) is 0 Å². The highest BCUT2D eigenvalue weighted by atomic mass is 16.4. The first kappa shape index (κ1) is 10.6. The Morgan fingerprint density at radius 2 is 2.44 bits per heavy atom. The van der Waals surface area contributed by atoms with E-state index in [9.17, 15) is 4.79 Å². The highest BCUT2D eigenvalue weighted by Gasteiger charge is 2.13. The summed E-state index contributed by atoms with van der Waals surface area (Å²) >= 11 is 0. The third-order valence-electron chi connectivity index (χ3n) is 2.26.